The number of benzene rings is 2. The van der Waals surface area contributed by atoms with Crippen LogP contribution in [0.2, 0.25) is 0 Å². The average molecular weight is 323 g/mol. The molecule has 0 radical (unpaired) electrons. The van der Waals surface area contributed by atoms with E-state index in [4.69, 9.17) is 0 Å². The molecule has 0 saturated carbocycles. The van der Waals surface area contributed by atoms with E-state index in [-0.39, 0.29) is 5.91 Å². The fourth-order valence-electron chi connectivity index (χ4n) is 2.97. The fourth-order valence-corrected chi connectivity index (χ4v) is 3.56. The Morgan fingerprint density at radius 3 is 2.70 bits per heavy atom. The summed E-state index contributed by atoms with van der Waals surface area (Å²) in [4.78, 5) is 23.6. The van der Waals surface area contributed by atoms with Gasteiger partial charge in [-0.05, 0) is 30.5 Å². The number of fused-ring (bicyclic) bond motifs is 1. The predicted octanol–water partition coefficient (Wildman–Crippen LogP) is 3.52. The van der Waals surface area contributed by atoms with Crippen molar-refractivity contribution in [3.63, 3.8) is 0 Å². The lowest BCUT2D eigenvalue weighted by molar-refractivity contribution is 0.0592. The Hall–Kier alpha value is -2.27. The van der Waals surface area contributed by atoms with Crippen LogP contribution >= 0.6 is 11.8 Å². The molecule has 0 aliphatic carbocycles. The summed E-state index contributed by atoms with van der Waals surface area (Å²) in [5.41, 5.74) is 2.84. The minimum atomic E-state index is 0.113. The molecule has 1 saturated heterocycles. The van der Waals surface area contributed by atoms with E-state index in [2.05, 4.69) is 9.97 Å². The van der Waals surface area contributed by atoms with Gasteiger partial charge in [-0.15, -0.1) is 11.8 Å². The van der Waals surface area contributed by atoms with E-state index in [1.165, 1.54) is 0 Å². The summed E-state index contributed by atoms with van der Waals surface area (Å²) in [5.74, 6) is 1.39. The molecule has 1 aliphatic rings. The van der Waals surface area contributed by atoms with Gasteiger partial charge < -0.3 is 9.88 Å². The standard InChI is InChI=1S/C18H17N3OS/c1-23-16-9-5-2-6-13(16)18(22)21-10-12(11-21)17-19-14-7-3-4-8-15(14)20-17/h2-9,12H,10-11H2,1H3,(H,19,20). The summed E-state index contributed by atoms with van der Waals surface area (Å²) in [6.07, 6.45) is 2.00. The van der Waals surface area contributed by atoms with Crippen LogP contribution in [0.5, 0.6) is 0 Å². The molecular formula is C18H17N3OS. The number of nitrogens with one attached hydrogen (secondary N) is 1. The molecule has 1 aliphatic heterocycles. The Labute approximate surface area is 138 Å². The van der Waals surface area contributed by atoms with Gasteiger partial charge in [-0.3, -0.25) is 4.79 Å². The summed E-state index contributed by atoms with van der Waals surface area (Å²) < 4.78 is 0. The molecule has 116 valence electrons. The first-order chi connectivity index (χ1) is 11.3. The van der Waals surface area contributed by atoms with Crippen LogP contribution < -0.4 is 0 Å². The Kier molecular flexibility index (Phi) is 3.58. The van der Waals surface area contributed by atoms with Crippen LogP contribution in [-0.4, -0.2) is 40.1 Å². The van der Waals surface area contributed by atoms with Crippen LogP contribution in [0.15, 0.2) is 53.4 Å². The number of imidazole rings is 1. The molecule has 1 amide bonds. The van der Waals surface area contributed by atoms with Crippen molar-refractivity contribution in [1.29, 1.82) is 0 Å². The predicted molar refractivity (Wildman–Crippen MR) is 93.0 cm³/mol. The first kappa shape index (κ1) is 14.3. The van der Waals surface area contributed by atoms with E-state index >= 15 is 0 Å². The highest BCUT2D eigenvalue weighted by Gasteiger charge is 2.34. The van der Waals surface area contributed by atoms with Gasteiger partial charge in [0.1, 0.15) is 5.82 Å². The first-order valence-corrected chi connectivity index (χ1v) is 8.85. The van der Waals surface area contributed by atoms with Crippen molar-refractivity contribution in [3.05, 3.63) is 59.9 Å². The number of carbonyl (C=O) groups is 1. The second-order valence-corrected chi connectivity index (χ2v) is 6.59. The number of hydrogen-bond acceptors (Lipinski definition) is 3. The Morgan fingerprint density at radius 2 is 1.91 bits per heavy atom. The quantitative estimate of drug-likeness (QED) is 0.750. The van der Waals surface area contributed by atoms with E-state index in [0.29, 0.717) is 5.92 Å². The summed E-state index contributed by atoms with van der Waals surface area (Å²) in [6, 6.07) is 15.8. The number of aromatic amines is 1. The van der Waals surface area contributed by atoms with Gasteiger partial charge in [-0.1, -0.05) is 24.3 Å². The number of rotatable bonds is 3. The van der Waals surface area contributed by atoms with Crippen LogP contribution in [0.25, 0.3) is 11.0 Å². The molecular weight excluding hydrogens is 306 g/mol. The number of para-hydroxylation sites is 2. The van der Waals surface area contributed by atoms with Crippen LogP contribution in [0.1, 0.15) is 22.1 Å². The second-order valence-electron chi connectivity index (χ2n) is 5.75. The van der Waals surface area contributed by atoms with Gasteiger partial charge in [0, 0.05) is 18.0 Å². The number of nitrogens with zero attached hydrogens (tertiary/aromatic N) is 2. The molecule has 1 fully saturated rings. The van der Waals surface area contributed by atoms with Crippen LogP contribution in [0.4, 0.5) is 0 Å². The summed E-state index contributed by atoms with van der Waals surface area (Å²) in [5, 5.41) is 0. The average Bonchev–Trinajstić information content (AvgIpc) is 2.96. The van der Waals surface area contributed by atoms with Crippen molar-refractivity contribution in [1.82, 2.24) is 14.9 Å². The third kappa shape index (κ3) is 2.51. The number of hydrogen-bond donors (Lipinski definition) is 1. The van der Waals surface area contributed by atoms with E-state index in [1.807, 2.05) is 59.7 Å². The van der Waals surface area contributed by atoms with Crippen LogP contribution in [0, 0.1) is 0 Å². The molecule has 23 heavy (non-hydrogen) atoms. The lowest BCUT2D eigenvalue weighted by Gasteiger charge is -2.38. The summed E-state index contributed by atoms with van der Waals surface area (Å²) in [7, 11) is 0. The highest BCUT2D eigenvalue weighted by Crippen LogP contribution is 2.30. The van der Waals surface area contributed by atoms with Gasteiger partial charge >= 0.3 is 0 Å². The van der Waals surface area contributed by atoms with E-state index in [9.17, 15) is 4.79 Å². The lowest BCUT2D eigenvalue weighted by Crippen LogP contribution is -2.48. The normalized spacial score (nSPS) is 14.9. The fraction of sp³-hybridized carbons (Fsp3) is 0.222. The molecule has 0 bridgehead atoms. The number of H-pyrrole nitrogens is 1. The zero-order chi connectivity index (χ0) is 15.8. The zero-order valence-electron chi connectivity index (χ0n) is 12.8. The number of likely N-dealkylation sites (tertiary alicyclic amines) is 1. The molecule has 0 spiro atoms. The topological polar surface area (TPSA) is 49.0 Å². The molecule has 0 atom stereocenters. The maximum absolute atomic E-state index is 12.6. The Morgan fingerprint density at radius 1 is 1.17 bits per heavy atom. The minimum absolute atomic E-state index is 0.113. The maximum atomic E-state index is 12.6. The lowest BCUT2D eigenvalue weighted by atomic mass is 9.98. The number of thioether (sulfide) groups is 1. The van der Waals surface area contributed by atoms with Crippen molar-refractivity contribution >= 4 is 28.7 Å². The molecule has 2 aromatic carbocycles. The van der Waals surface area contributed by atoms with Crippen molar-refractivity contribution in [3.8, 4) is 0 Å². The Bertz CT molecular complexity index is 834. The molecule has 5 heteroatoms. The molecule has 3 aromatic rings. The maximum Gasteiger partial charge on any atom is 0.255 e. The molecule has 0 unspecified atom stereocenters. The van der Waals surface area contributed by atoms with Gasteiger partial charge in [0.2, 0.25) is 0 Å². The minimum Gasteiger partial charge on any atom is -0.342 e. The molecule has 4 nitrogen and oxygen atoms in total. The zero-order valence-corrected chi connectivity index (χ0v) is 13.6. The molecule has 4 rings (SSSR count). The molecule has 1 aromatic heterocycles. The second kappa shape index (κ2) is 5.74. The van der Waals surface area contributed by atoms with Crippen molar-refractivity contribution in [2.75, 3.05) is 19.3 Å². The van der Waals surface area contributed by atoms with Gasteiger partial charge in [0.05, 0.1) is 22.5 Å². The number of carbonyl (C=O) groups excluding carboxylic acids is 1. The largest absolute Gasteiger partial charge is 0.342 e. The SMILES string of the molecule is CSc1ccccc1C(=O)N1CC(c2nc3ccccc3[nH]2)C1. The Balaban J connectivity index is 1.49. The van der Waals surface area contributed by atoms with Crippen molar-refractivity contribution < 1.29 is 4.79 Å². The third-order valence-electron chi connectivity index (χ3n) is 4.30. The van der Waals surface area contributed by atoms with Crippen LogP contribution in [0.3, 0.4) is 0 Å². The highest BCUT2D eigenvalue weighted by molar-refractivity contribution is 7.98. The number of amides is 1. The first-order valence-electron chi connectivity index (χ1n) is 7.63. The highest BCUT2D eigenvalue weighted by atomic mass is 32.2. The monoisotopic (exact) mass is 323 g/mol. The van der Waals surface area contributed by atoms with Gasteiger partial charge in [-0.25, -0.2) is 4.98 Å². The molecule has 2 heterocycles. The van der Waals surface area contributed by atoms with E-state index in [0.717, 1.165) is 40.4 Å². The van der Waals surface area contributed by atoms with E-state index in [1.54, 1.807) is 11.8 Å². The van der Waals surface area contributed by atoms with Crippen molar-refractivity contribution in [2.45, 2.75) is 10.8 Å². The van der Waals surface area contributed by atoms with Crippen molar-refractivity contribution in [2.24, 2.45) is 0 Å². The summed E-state index contributed by atoms with van der Waals surface area (Å²) >= 11 is 1.61. The van der Waals surface area contributed by atoms with Gasteiger partial charge in [0.25, 0.3) is 5.91 Å². The van der Waals surface area contributed by atoms with Gasteiger partial charge in [-0.2, -0.15) is 0 Å². The van der Waals surface area contributed by atoms with Crippen LogP contribution in [-0.2, 0) is 0 Å². The smallest absolute Gasteiger partial charge is 0.255 e. The van der Waals surface area contributed by atoms with Gasteiger partial charge in [0.15, 0.2) is 0 Å². The third-order valence-corrected chi connectivity index (χ3v) is 5.10. The number of aromatic nitrogens is 2. The van der Waals surface area contributed by atoms with E-state index < -0.39 is 0 Å². The molecule has 1 N–H and O–H groups in total. The summed E-state index contributed by atoms with van der Waals surface area (Å²) in [6.45, 7) is 1.45.